The van der Waals surface area contributed by atoms with Crippen LogP contribution in [0, 0.1) is 12.7 Å². The van der Waals surface area contributed by atoms with E-state index in [1.807, 2.05) is 19.1 Å². The minimum Gasteiger partial charge on any atom is -0.507 e. The lowest BCUT2D eigenvalue weighted by Gasteiger charge is -2.27. The zero-order chi connectivity index (χ0) is 21.8. The Bertz CT molecular complexity index is 965. The maximum absolute atomic E-state index is 14.7. The number of ketones is 1. The highest BCUT2D eigenvalue weighted by Gasteiger charge is 2.47. The molecule has 0 spiro atoms. The molecule has 0 aliphatic carbocycles. The molecule has 1 atom stereocenters. The second kappa shape index (κ2) is 9.22. The molecule has 6 heteroatoms. The minimum atomic E-state index is -0.956. The number of aliphatic hydroxyl groups is 1. The summed E-state index contributed by atoms with van der Waals surface area (Å²) in [5, 5.41) is 11.0. The van der Waals surface area contributed by atoms with Crippen molar-refractivity contribution in [3.8, 4) is 0 Å². The smallest absolute Gasteiger partial charge is 0.295 e. The fourth-order valence-electron chi connectivity index (χ4n) is 3.88. The van der Waals surface area contributed by atoms with Gasteiger partial charge in [0, 0.05) is 11.1 Å². The Morgan fingerprint density at radius 3 is 2.30 bits per heavy atom. The summed E-state index contributed by atoms with van der Waals surface area (Å²) in [7, 11) is 0. The second-order valence-corrected chi connectivity index (χ2v) is 7.59. The molecule has 1 aliphatic rings. The number of Topliss-reactive ketones (excluding diaryl/α,β-unsaturated/α-hetero) is 1. The van der Waals surface area contributed by atoms with Gasteiger partial charge in [0.05, 0.1) is 37.8 Å². The molecule has 30 heavy (non-hydrogen) atoms. The van der Waals surface area contributed by atoms with Crippen molar-refractivity contribution in [3.63, 3.8) is 0 Å². The van der Waals surface area contributed by atoms with Gasteiger partial charge < -0.3 is 14.9 Å². The van der Waals surface area contributed by atoms with E-state index in [2.05, 4.69) is 13.8 Å². The average molecular weight is 411 g/mol. The van der Waals surface area contributed by atoms with Gasteiger partial charge in [-0.25, -0.2) is 4.39 Å². The Morgan fingerprint density at radius 2 is 1.70 bits per heavy atom. The van der Waals surface area contributed by atoms with Crippen LogP contribution in [0.25, 0.3) is 5.76 Å². The maximum Gasteiger partial charge on any atom is 0.295 e. The highest BCUT2D eigenvalue weighted by molar-refractivity contribution is 6.46. The van der Waals surface area contributed by atoms with Crippen molar-refractivity contribution in [1.29, 1.82) is 0 Å². The molecule has 2 N–H and O–H groups in total. The van der Waals surface area contributed by atoms with E-state index < -0.39 is 23.5 Å². The number of amides is 1. The number of hydrogen-bond donors (Lipinski definition) is 2. The van der Waals surface area contributed by atoms with Crippen LogP contribution in [0.5, 0.6) is 0 Å². The average Bonchev–Trinajstić information content (AvgIpc) is 2.99. The molecule has 2 aromatic carbocycles. The molecular formula is C24H28FN2O3+. The first kappa shape index (κ1) is 21.7. The van der Waals surface area contributed by atoms with Gasteiger partial charge in [-0.15, -0.1) is 0 Å². The Labute approximate surface area is 176 Å². The van der Waals surface area contributed by atoms with Crippen molar-refractivity contribution in [2.24, 2.45) is 0 Å². The van der Waals surface area contributed by atoms with Crippen molar-refractivity contribution in [2.45, 2.75) is 26.8 Å². The van der Waals surface area contributed by atoms with Gasteiger partial charge in [0.25, 0.3) is 11.7 Å². The number of quaternary nitrogens is 1. The Hall–Kier alpha value is -2.99. The van der Waals surface area contributed by atoms with Crippen molar-refractivity contribution in [1.82, 2.24) is 4.90 Å². The predicted molar refractivity (Wildman–Crippen MR) is 114 cm³/mol. The van der Waals surface area contributed by atoms with E-state index in [0.29, 0.717) is 18.7 Å². The fraction of sp³-hybridized carbons (Fsp3) is 0.333. The molecule has 0 bridgehead atoms. The molecule has 0 unspecified atom stereocenters. The van der Waals surface area contributed by atoms with Crippen LogP contribution in [0.1, 0.15) is 36.6 Å². The Kier molecular flexibility index (Phi) is 6.67. The molecule has 1 amide bonds. The number of carbonyl (C=O) groups excluding carboxylic acids is 2. The molecule has 158 valence electrons. The number of aliphatic hydroxyl groups excluding tert-OH is 1. The summed E-state index contributed by atoms with van der Waals surface area (Å²) in [6, 6.07) is 12.1. The number of likely N-dealkylation sites (N-methyl/N-ethyl adjacent to an activating group) is 1. The first-order chi connectivity index (χ1) is 14.4. The van der Waals surface area contributed by atoms with Crippen LogP contribution < -0.4 is 4.90 Å². The zero-order valence-corrected chi connectivity index (χ0v) is 17.6. The van der Waals surface area contributed by atoms with Crippen LogP contribution in [-0.2, 0) is 9.59 Å². The molecule has 1 saturated heterocycles. The quantitative estimate of drug-likeness (QED) is 0.418. The molecule has 2 aromatic rings. The zero-order valence-electron chi connectivity index (χ0n) is 17.6. The van der Waals surface area contributed by atoms with Crippen LogP contribution >= 0.6 is 0 Å². The summed E-state index contributed by atoms with van der Waals surface area (Å²) in [4.78, 5) is 28.5. The lowest BCUT2D eigenvalue weighted by Crippen LogP contribution is -3.12. The number of hydrogen-bond acceptors (Lipinski definition) is 3. The first-order valence-electron chi connectivity index (χ1n) is 10.3. The number of nitrogens with zero attached hydrogens (tertiary/aromatic N) is 1. The van der Waals surface area contributed by atoms with Crippen LogP contribution in [0.3, 0.4) is 0 Å². The van der Waals surface area contributed by atoms with Crippen LogP contribution in [0.4, 0.5) is 4.39 Å². The van der Waals surface area contributed by atoms with E-state index in [0.717, 1.165) is 18.7 Å². The SMILES string of the molecule is CC[NH+](CC)CCN1C(=O)C(=O)C(=C(O)c2ccc(C)cc2)[C@@H]1c1ccccc1F. The highest BCUT2D eigenvalue weighted by atomic mass is 19.1. The lowest BCUT2D eigenvalue weighted by molar-refractivity contribution is -0.895. The number of nitrogens with one attached hydrogen (secondary N) is 1. The summed E-state index contributed by atoms with van der Waals surface area (Å²) < 4.78 is 14.7. The first-order valence-corrected chi connectivity index (χ1v) is 10.3. The normalized spacial score (nSPS) is 18.4. The number of carbonyl (C=O) groups is 2. The van der Waals surface area contributed by atoms with Crippen molar-refractivity contribution in [2.75, 3.05) is 26.2 Å². The third kappa shape index (κ3) is 4.14. The predicted octanol–water partition coefficient (Wildman–Crippen LogP) is 2.48. The van der Waals surface area contributed by atoms with Gasteiger partial charge in [0.2, 0.25) is 0 Å². The standard InChI is InChI=1S/C24H27FN2O3/c1-4-26(5-2)14-15-27-21(18-8-6-7-9-19(18)25)20(23(29)24(27)30)22(28)17-12-10-16(3)11-13-17/h6-13,21,28H,4-5,14-15H2,1-3H3/p+1/t21-/m0/s1. The second-order valence-electron chi connectivity index (χ2n) is 7.59. The van der Waals surface area contributed by atoms with Gasteiger partial charge in [-0.05, 0) is 26.8 Å². The summed E-state index contributed by atoms with van der Waals surface area (Å²) in [6.07, 6.45) is 0. The van der Waals surface area contributed by atoms with Crippen molar-refractivity contribution >= 4 is 17.4 Å². The Balaban J connectivity index is 2.11. The maximum atomic E-state index is 14.7. The summed E-state index contributed by atoms with van der Waals surface area (Å²) >= 11 is 0. The number of halogens is 1. The van der Waals surface area contributed by atoms with Crippen molar-refractivity contribution in [3.05, 3.63) is 76.6 Å². The molecule has 1 aliphatic heterocycles. The van der Waals surface area contributed by atoms with Crippen molar-refractivity contribution < 1.29 is 24.0 Å². The van der Waals surface area contributed by atoms with Gasteiger partial charge in [-0.1, -0.05) is 48.0 Å². The minimum absolute atomic E-state index is 0.0662. The number of benzene rings is 2. The van der Waals surface area contributed by atoms with Crippen LogP contribution in [0.15, 0.2) is 54.1 Å². The van der Waals surface area contributed by atoms with E-state index in [1.165, 1.54) is 15.9 Å². The summed E-state index contributed by atoms with van der Waals surface area (Å²) in [5.41, 5.74) is 1.57. The highest BCUT2D eigenvalue weighted by Crippen LogP contribution is 2.39. The largest absolute Gasteiger partial charge is 0.507 e. The molecule has 0 saturated carbocycles. The summed E-state index contributed by atoms with van der Waals surface area (Å²) in [6.45, 7) is 8.72. The van der Waals surface area contributed by atoms with Gasteiger partial charge in [0.1, 0.15) is 11.6 Å². The molecule has 1 fully saturated rings. The molecular weight excluding hydrogens is 383 g/mol. The Morgan fingerprint density at radius 1 is 1.07 bits per heavy atom. The topological polar surface area (TPSA) is 62.0 Å². The number of likely N-dealkylation sites (tertiary alicyclic amines) is 1. The van der Waals surface area contributed by atoms with E-state index in [4.69, 9.17) is 0 Å². The third-order valence-electron chi connectivity index (χ3n) is 5.77. The van der Waals surface area contributed by atoms with Gasteiger partial charge in [0.15, 0.2) is 0 Å². The number of rotatable bonds is 7. The molecule has 5 nitrogen and oxygen atoms in total. The van der Waals surface area contributed by atoms with Crippen LogP contribution in [-0.4, -0.2) is 47.9 Å². The molecule has 3 rings (SSSR count). The molecule has 0 aromatic heterocycles. The monoisotopic (exact) mass is 411 g/mol. The van der Waals surface area contributed by atoms with E-state index in [9.17, 15) is 19.1 Å². The molecule has 0 radical (unpaired) electrons. The van der Waals surface area contributed by atoms with Crippen LogP contribution in [0.2, 0.25) is 0 Å². The van der Waals surface area contributed by atoms with E-state index >= 15 is 0 Å². The van der Waals surface area contributed by atoms with E-state index in [-0.39, 0.29) is 16.9 Å². The van der Waals surface area contributed by atoms with Gasteiger partial charge >= 0.3 is 0 Å². The molecule has 1 heterocycles. The van der Waals surface area contributed by atoms with Gasteiger partial charge in [-0.3, -0.25) is 9.59 Å². The summed E-state index contributed by atoms with van der Waals surface area (Å²) in [5.74, 6) is -2.28. The lowest BCUT2D eigenvalue weighted by atomic mass is 9.94. The number of aryl methyl sites for hydroxylation is 1. The van der Waals surface area contributed by atoms with E-state index in [1.54, 1.807) is 30.3 Å². The fourth-order valence-corrected chi connectivity index (χ4v) is 3.88. The third-order valence-corrected chi connectivity index (χ3v) is 5.77. The van der Waals surface area contributed by atoms with Gasteiger partial charge in [-0.2, -0.15) is 0 Å².